The molecule has 2 N–H and O–H groups in total. The molecule has 0 fully saturated rings. The van der Waals surface area contributed by atoms with Crippen LogP contribution in [0.3, 0.4) is 0 Å². The minimum absolute atomic E-state index is 0.0998. The highest BCUT2D eigenvalue weighted by atomic mass is 32.1. The van der Waals surface area contributed by atoms with Crippen LogP contribution in [0.2, 0.25) is 0 Å². The maximum atomic E-state index is 13.0. The van der Waals surface area contributed by atoms with E-state index in [4.69, 9.17) is 17.0 Å². The first-order valence-electron chi connectivity index (χ1n) is 11.8. The Morgan fingerprint density at radius 2 is 1.69 bits per heavy atom. The van der Waals surface area contributed by atoms with E-state index in [0.29, 0.717) is 23.8 Å². The first kappa shape index (κ1) is 24.5. The van der Waals surface area contributed by atoms with Gasteiger partial charge < -0.3 is 19.9 Å². The number of fused-ring (bicyclic) bond motifs is 1. The van der Waals surface area contributed by atoms with Gasteiger partial charge >= 0.3 is 0 Å². The average molecular weight is 486 g/mol. The van der Waals surface area contributed by atoms with Crippen LogP contribution in [0.4, 0.5) is 5.69 Å². The molecule has 0 amide bonds. The van der Waals surface area contributed by atoms with Crippen LogP contribution in [-0.4, -0.2) is 22.1 Å². The number of para-hydroxylation sites is 1. The molecule has 35 heavy (non-hydrogen) atoms. The number of hydrogen-bond donors (Lipinski definition) is 2. The summed E-state index contributed by atoms with van der Waals surface area (Å²) in [6.07, 6.45) is 0.896. The molecular formula is C29H31N3O2S. The number of benzene rings is 3. The Bertz CT molecular complexity index is 1410. The summed E-state index contributed by atoms with van der Waals surface area (Å²) in [4.78, 5) is 18.1. The molecule has 1 heterocycles. The molecule has 1 aromatic heterocycles. The second kappa shape index (κ2) is 10.7. The first-order chi connectivity index (χ1) is 16.9. The summed E-state index contributed by atoms with van der Waals surface area (Å²) in [6, 6.07) is 22.2. The molecule has 0 saturated heterocycles. The molecule has 0 spiro atoms. The molecule has 0 unspecified atom stereocenters. The smallest absolute Gasteiger partial charge is 0.253 e. The molecule has 5 nitrogen and oxygen atoms in total. The lowest BCUT2D eigenvalue weighted by Crippen LogP contribution is -2.35. The van der Waals surface area contributed by atoms with Gasteiger partial charge in [0, 0.05) is 23.3 Å². The number of nitrogens with one attached hydrogen (secondary N) is 2. The molecule has 0 radical (unpaired) electrons. The lowest BCUT2D eigenvalue weighted by Gasteiger charge is -2.27. The van der Waals surface area contributed by atoms with Gasteiger partial charge in [-0.05, 0) is 96.5 Å². The number of aryl methyl sites for hydroxylation is 3. The Kier molecular flexibility index (Phi) is 7.51. The molecule has 4 aromatic rings. The number of rotatable bonds is 7. The standard InChI is InChI=1S/C29H31N3O2S/c1-5-22-8-6-7-9-26(22)31-29(35)32(17-21-10-12-25(34-4)13-11-21)18-24-16-23-14-19(2)20(3)15-27(23)30-28(24)33/h6-16H,5,17-18H2,1-4H3,(H,30,33)(H,31,35). The minimum Gasteiger partial charge on any atom is -0.497 e. The van der Waals surface area contributed by atoms with Crippen LogP contribution >= 0.6 is 12.2 Å². The van der Waals surface area contributed by atoms with Crippen molar-refractivity contribution in [2.45, 2.75) is 40.3 Å². The summed E-state index contributed by atoms with van der Waals surface area (Å²) in [7, 11) is 1.65. The van der Waals surface area contributed by atoms with Gasteiger partial charge in [0.25, 0.3) is 5.56 Å². The number of H-pyrrole nitrogens is 1. The topological polar surface area (TPSA) is 57.4 Å². The van der Waals surface area contributed by atoms with E-state index in [9.17, 15) is 4.79 Å². The van der Waals surface area contributed by atoms with Crippen molar-refractivity contribution in [1.82, 2.24) is 9.88 Å². The van der Waals surface area contributed by atoms with Gasteiger partial charge in [-0.15, -0.1) is 0 Å². The van der Waals surface area contributed by atoms with Crippen molar-refractivity contribution in [3.8, 4) is 5.75 Å². The van der Waals surface area contributed by atoms with Gasteiger partial charge in [0.15, 0.2) is 5.11 Å². The number of pyridine rings is 1. The lowest BCUT2D eigenvalue weighted by molar-refractivity contribution is 0.406. The number of thiocarbonyl (C=S) groups is 1. The third kappa shape index (κ3) is 5.72. The quantitative estimate of drug-likeness (QED) is 0.309. The van der Waals surface area contributed by atoms with Gasteiger partial charge in [-0.2, -0.15) is 0 Å². The van der Waals surface area contributed by atoms with E-state index in [-0.39, 0.29) is 5.56 Å². The van der Waals surface area contributed by atoms with Gasteiger partial charge in [0.2, 0.25) is 0 Å². The summed E-state index contributed by atoms with van der Waals surface area (Å²) in [5.74, 6) is 0.800. The van der Waals surface area contributed by atoms with Gasteiger partial charge in [0.1, 0.15) is 5.75 Å². The fraction of sp³-hybridized carbons (Fsp3) is 0.241. The highest BCUT2D eigenvalue weighted by molar-refractivity contribution is 7.80. The summed E-state index contributed by atoms with van der Waals surface area (Å²) < 4.78 is 5.30. The van der Waals surface area contributed by atoms with E-state index in [1.165, 1.54) is 11.1 Å². The first-order valence-corrected chi connectivity index (χ1v) is 12.2. The number of methoxy groups -OCH3 is 1. The molecular weight excluding hydrogens is 454 g/mol. The van der Waals surface area contributed by atoms with E-state index >= 15 is 0 Å². The van der Waals surface area contributed by atoms with Crippen molar-refractivity contribution in [3.63, 3.8) is 0 Å². The maximum Gasteiger partial charge on any atom is 0.253 e. The van der Waals surface area contributed by atoms with E-state index < -0.39 is 0 Å². The zero-order valence-electron chi connectivity index (χ0n) is 20.6. The zero-order valence-corrected chi connectivity index (χ0v) is 21.5. The molecule has 0 atom stereocenters. The normalized spacial score (nSPS) is 10.9. The van der Waals surface area contributed by atoms with Crippen LogP contribution in [0.25, 0.3) is 10.9 Å². The highest BCUT2D eigenvalue weighted by Crippen LogP contribution is 2.21. The highest BCUT2D eigenvalue weighted by Gasteiger charge is 2.16. The van der Waals surface area contributed by atoms with E-state index in [1.54, 1.807) is 7.11 Å². The number of aromatic nitrogens is 1. The number of aromatic amines is 1. The number of hydrogen-bond acceptors (Lipinski definition) is 3. The number of anilines is 1. The Morgan fingerprint density at radius 1 is 0.971 bits per heavy atom. The van der Waals surface area contributed by atoms with Crippen LogP contribution < -0.4 is 15.6 Å². The summed E-state index contributed by atoms with van der Waals surface area (Å²) in [6.45, 7) is 7.19. The fourth-order valence-electron chi connectivity index (χ4n) is 4.14. The van der Waals surface area contributed by atoms with E-state index in [1.807, 2.05) is 59.5 Å². The van der Waals surface area contributed by atoms with Crippen LogP contribution in [0, 0.1) is 13.8 Å². The van der Waals surface area contributed by atoms with Crippen LogP contribution in [0.1, 0.15) is 34.7 Å². The van der Waals surface area contributed by atoms with Crippen molar-refractivity contribution in [2.24, 2.45) is 0 Å². The Balaban J connectivity index is 1.67. The SMILES string of the molecule is CCc1ccccc1NC(=S)N(Cc1ccc(OC)cc1)Cc1cc2cc(C)c(C)cc2[nH]c1=O. The van der Waals surface area contributed by atoms with Crippen molar-refractivity contribution >= 4 is 33.9 Å². The molecule has 180 valence electrons. The van der Waals surface area contributed by atoms with Crippen molar-refractivity contribution in [3.05, 3.63) is 105 Å². The van der Waals surface area contributed by atoms with Gasteiger partial charge in [-0.25, -0.2) is 0 Å². The van der Waals surface area contributed by atoms with Crippen LogP contribution in [0.15, 0.2) is 71.5 Å². The summed E-state index contributed by atoms with van der Waals surface area (Å²) in [5.41, 5.74) is 7.01. The van der Waals surface area contributed by atoms with Crippen molar-refractivity contribution in [2.75, 3.05) is 12.4 Å². The maximum absolute atomic E-state index is 13.0. The van der Waals surface area contributed by atoms with Gasteiger partial charge in [-0.1, -0.05) is 37.3 Å². The van der Waals surface area contributed by atoms with Crippen LogP contribution in [-0.2, 0) is 19.5 Å². The van der Waals surface area contributed by atoms with Gasteiger partial charge in [0.05, 0.1) is 13.7 Å². The van der Waals surface area contributed by atoms with E-state index in [2.05, 4.69) is 43.2 Å². The molecule has 0 bridgehead atoms. The third-order valence-electron chi connectivity index (χ3n) is 6.36. The van der Waals surface area contributed by atoms with Crippen molar-refractivity contribution in [1.29, 1.82) is 0 Å². The predicted molar refractivity (Wildman–Crippen MR) is 148 cm³/mol. The van der Waals surface area contributed by atoms with Crippen LogP contribution in [0.5, 0.6) is 5.75 Å². The molecule has 6 heteroatoms. The number of nitrogens with zero attached hydrogens (tertiary/aromatic N) is 1. The molecule has 3 aromatic carbocycles. The van der Waals surface area contributed by atoms with Crippen molar-refractivity contribution < 1.29 is 4.74 Å². The molecule has 0 aliphatic rings. The molecule has 0 aliphatic heterocycles. The fourth-order valence-corrected chi connectivity index (χ4v) is 4.38. The second-order valence-electron chi connectivity index (χ2n) is 8.79. The molecule has 0 aliphatic carbocycles. The Morgan fingerprint density at radius 3 is 2.40 bits per heavy atom. The monoisotopic (exact) mass is 485 g/mol. The number of ether oxygens (including phenoxy) is 1. The molecule has 0 saturated carbocycles. The predicted octanol–water partition coefficient (Wildman–Crippen LogP) is 6.12. The Hall–Kier alpha value is -3.64. The minimum atomic E-state index is -0.0998. The summed E-state index contributed by atoms with van der Waals surface area (Å²) in [5, 5.41) is 5.00. The summed E-state index contributed by atoms with van der Waals surface area (Å²) >= 11 is 5.87. The van der Waals surface area contributed by atoms with Gasteiger partial charge in [-0.3, -0.25) is 4.79 Å². The lowest BCUT2D eigenvalue weighted by atomic mass is 10.0. The Labute approximate surface area is 211 Å². The largest absolute Gasteiger partial charge is 0.497 e. The van der Waals surface area contributed by atoms with E-state index in [0.717, 1.165) is 39.9 Å². The third-order valence-corrected chi connectivity index (χ3v) is 6.72. The second-order valence-corrected chi connectivity index (χ2v) is 9.18. The molecule has 4 rings (SSSR count). The average Bonchev–Trinajstić information content (AvgIpc) is 2.86. The zero-order chi connectivity index (χ0) is 24.9.